The summed E-state index contributed by atoms with van der Waals surface area (Å²) in [6, 6.07) is 9.22. The van der Waals surface area contributed by atoms with Crippen LogP contribution < -0.4 is 10.5 Å². The van der Waals surface area contributed by atoms with Gasteiger partial charge in [-0.05, 0) is 12.1 Å². The minimum Gasteiger partial charge on any atom is -0.356 e. The molecule has 0 saturated heterocycles. The third-order valence-electron chi connectivity index (χ3n) is 2.54. The molecule has 1 atom stereocenters. The zero-order chi connectivity index (χ0) is 11.7. The number of benzene rings is 1. The molecule has 1 radical (unpaired) electrons. The SMILES string of the molecule is O=c1nc(C2[C]=NOc3ccccc32)cc[nH]1. The first-order valence-corrected chi connectivity index (χ1v) is 5.12. The number of nitrogens with one attached hydrogen (secondary N) is 1. The van der Waals surface area contributed by atoms with E-state index in [4.69, 9.17) is 4.84 Å². The zero-order valence-corrected chi connectivity index (χ0v) is 8.75. The summed E-state index contributed by atoms with van der Waals surface area (Å²) in [5, 5.41) is 3.70. The molecular weight excluding hydrogens is 218 g/mol. The van der Waals surface area contributed by atoms with Gasteiger partial charge in [-0.3, -0.25) is 0 Å². The Morgan fingerprint density at radius 3 is 3.06 bits per heavy atom. The van der Waals surface area contributed by atoms with E-state index in [0.717, 1.165) is 5.56 Å². The van der Waals surface area contributed by atoms with E-state index in [0.29, 0.717) is 11.4 Å². The van der Waals surface area contributed by atoms with Crippen molar-refractivity contribution in [3.8, 4) is 5.75 Å². The molecule has 1 aliphatic heterocycles. The lowest BCUT2D eigenvalue weighted by Gasteiger charge is -2.17. The van der Waals surface area contributed by atoms with Crippen LogP contribution in [0.25, 0.3) is 0 Å². The normalized spacial score (nSPS) is 17.3. The average Bonchev–Trinajstić information content (AvgIpc) is 2.38. The van der Waals surface area contributed by atoms with Crippen LogP contribution >= 0.6 is 0 Å². The van der Waals surface area contributed by atoms with E-state index in [9.17, 15) is 4.79 Å². The third-order valence-corrected chi connectivity index (χ3v) is 2.54. The predicted octanol–water partition coefficient (Wildman–Crippen LogP) is 1.16. The molecule has 0 spiro atoms. The van der Waals surface area contributed by atoms with E-state index >= 15 is 0 Å². The van der Waals surface area contributed by atoms with Crippen LogP contribution in [-0.4, -0.2) is 16.2 Å². The zero-order valence-electron chi connectivity index (χ0n) is 8.75. The second-order valence-electron chi connectivity index (χ2n) is 3.60. The lowest BCUT2D eigenvalue weighted by atomic mass is 9.95. The van der Waals surface area contributed by atoms with Crippen LogP contribution in [-0.2, 0) is 0 Å². The number of H-pyrrole nitrogens is 1. The van der Waals surface area contributed by atoms with Crippen LogP contribution in [0.3, 0.4) is 0 Å². The van der Waals surface area contributed by atoms with Crippen molar-refractivity contribution in [1.29, 1.82) is 0 Å². The van der Waals surface area contributed by atoms with Crippen molar-refractivity contribution >= 4 is 6.21 Å². The van der Waals surface area contributed by atoms with Crippen LogP contribution in [0.2, 0.25) is 0 Å². The van der Waals surface area contributed by atoms with Gasteiger partial charge in [0.05, 0.1) is 11.6 Å². The minimum atomic E-state index is -0.381. The van der Waals surface area contributed by atoms with E-state index in [1.807, 2.05) is 24.3 Å². The van der Waals surface area contributed by atoms with Gasteiger partial charge in [0.25, 0.3) is 0 Å². The molecule has 1 unspecified atom stereocenters. The first-order valence-electron chi connectivity index (χ1n) is 5.12. The van der Waals surface area contributed by atoms with Crippen LogP contribution in [0.15, 0.2) is 46.5 Å². The predicted molar refractivity (Wildman–Crippen MR) is 61.2 cm³/mol. The van der Waals surface area contributed by atoms with E-state index in [-0.39, 0.29) is 11.6 Å². The molecule has 5 nitrogen and oxygen atoms in total. The fourth-order valence-electron chi connectivity index (χ4n) is 1.77. The molecule has 1 aromatic heterocycles. The van der Waals surface area contributed by atoms with Crippen molar-refractivity contribution < 1.29 is 4.84 Å². The molecule has 83 valence electrons. The molecular formula is C12H8N3O2. The highest BCUT2D eigenvalue weighted by molar-refractivity contribution is 5.74. The van der Waals surface area contributed by atoms with Crippen LogP contribution in [0.1, 0.15) is 17.2 Å². The second-order valence-corrected chi connectivity index (χ2v) is 3.60. The first kappa shape index (κ1) is 9.77. The Morgan fingerprint density at radius 1 is 1.29 bits per heavy atom. The highest BCUT2D eigenvalue weighted by atomic mass is 16.6. The monoisotopic (exact) mass is 226 g/mol. The maximum Gasteiger partial charge on any atom is 0.345 e. The molecule has 0 fully saturated rings. The third kappa shape index (κ3) is 1.71. The number of rotatable bonds is 1. The van der Waals surface area contributed by atoms with Crippen molar-refractivity contribution in [3.05, 3.63) is 58.3 Å². The van der Waals surface area contributed by atoms with Gasteiger partial charge in [-0.25, -0.2) is 4.79 Å². The molecule has 5 heteroatoms. The molecule has 17 heavy (non-hydrogen) atoms. The molecule has 0 saturated carbocycles. The summed E-state index contributed by atoms with van der Waals surface area (Å²) < 4.78 is 0. The Bertz CT molecular complexity index is 633. The van der Waals surface area contributed by atoms with Crippen molar-refractivity contribution in [3.63, 3.8) is 0 Å². The number of fused-ring (bicyclic) bond motifs is 1. The summed E-state index contributed by atoms with van der Waals surface area (Å²) in [5.74, 6) is 0.403. The summed E-state index contributed by atoms with van der Waals surface area (Å²) in [7, 11) is 0. The van der Waals surface area contributed by atoms with Gasteiger partial charge in [0.1, 0.15) is 6.21 Å². The van der Waals surface area contributed by atoms with E-state index in [1.54, 1.807) is 12.3 Å². The smallest absolute Gasteiger partial charge is 0.345 e. The Labute approximate surface area is 96.8 Å². The molecule has 1 aliphatic rings. The van der Waals surface area contributed by atoms with Gasteiger partial charge in [0.2, 0.25) is 0 Å². The molecule has 1 aromatic carbocycles. The van der Waals surface area contributed by atoms with E-state index in [2.05, 4.69) is 21.3 Å². The van der Waals surface area contributed by atoms with Gasteiger partial charge < -0.3 is 9.82 Å². The summed E-state index contributed by atoms with van der Waals surface area (Å²) >= 11 is 0. The standard InChI is InChI=1S/C12H8N3O2/c16-12-13-6-5-10(15-12)9-7-14-17-11-4-2-1-3-8(9)11/h1-6,9H,(H,13,15,16). The number of hydrogen-bond acceptors (Lipinski definition) is 4. The Morgan fingerprint density at radius 2 is 2.18 bits per heavy atom. The highest BCUT2D eigenvalue weighted by Crippen LogP contribution is 2.32. The van der Waals surface area contributed by atoms with Gasteiger partial charge in [-0.15, -0.1) is 0 Å². The number of hydrogen-bond donors (Lipinski definition) is 1. The van der Waals surface area contributed by atoms with Crippen molar-refractivity contribution in [2.24, 2.45) is 5.16 Å². The van der Waals surface area contributed by atoms with Gasteiger partial charge in [0.15, 0.2) is 5.75 Å². The summed E-state index contributed by atoms with van der Waals surface area (Å²) in [4.78, 5) is 22.7. The van der Waals surface area contributed by atoms with Crippen LogP contribution in [0.4, 0.5) is 0 Å². The summed E-state index contributed by atoms with van der Waals surface area (Å²) in [5.41, 5.74) is 1.13. The number of nitrogens with zero attached hydrogens (tertiary/aromatic N) is 2. The molecule has 2 heterocycles. The molecule has 0 aliphatic carbocycles. The van der Waals surface area contributed by atoms with E-state index in [1.165, 1.54) is 0 Å². The molecule has 0 amide bonds. The molecule has 1 N–H and O–H groups in total. The Hall–Kier alpha value is -2.43. The van der Waals surface area contributed by atoms with E-state index < -0.39 is 0 Å². The Balaban J connectivity index is 2.12. The van der Waals surface area contributed by atoms with Crippen LogP contribution in [0.5, 0.6) is 5.75 Å². The van der Waals surface area contributed by atoms with Crippen molar-refractivity contribution in [2.45, 2.75) is 5.92 Å². The lowest BCUT2D eigenvalue weighted by Crippen LogP contribution is -2.17. The second kappa shape index (κ2) is 3.86. The summed E-state index contributed by atoms with van der Waals surface area (Å²) in [6.45, 7) is 0. The van der Waals surface area contributed by atoms with Crippen molar-refractivity contribution in [1.82, 2.24) is 9.97 Å². The molecule has 0 bridgehead atoms. The number of aromatic amines is 1. The fraction of sp³-hybridized carbons (Fsp3) is 0.0833. The fourth-order valence-corrected chi connectivity index (χ4v) is 1.77. The first-order chi connectivity index (χ1) is 8.34. The maximum atomic E-state index is 11.2. The minimum absolute atomic E-state index is 0.262. The summed E-state index contributed by atoms with van der Waals surface area (Å²) in [6.07, 6.45) is 4.37. The quantitative estimate of drug-likeness (QED) is 0.793. The number of aromatic nitrogens is 2. The van der Waals surface area contributed by atoms with Gasteiger partial charge in [0, 0.05) is 11.8 Å². The van der Waals surface area contributed by atoms with Gasteiger partial charge >= 0.3 is 5.69 Å². The topological polar surface area (TPSA) is 67.3 Å². The Kier molecular flexibility index (Phi) is 2.22. The molecule has 3 rings (SSSR count). The maximum absolute atomic E-state index is 11.2. The average molecular weight is 226 g/mol. The van der Waals surface area contributed by atoms with Gasteiger partial charge in [-0.1, -0.05) is 23.4 Å². The largest absolute Gasteiger partial charge is 0.356 e. The van der Waals surface area contributed by atoms with Crippen molar-refractivity contribution in [2.75, 3.05) is 0 Å². The van der Waals surface area contributed by atoms with Gasteiger partial charge in [-0.2, -0.15) is 4.98 Å². The molecule has 2 aromatic rings. The highest BCUT2D eigenvalue weighted by Gasteiger charge is 2.22. The number of para-hydroxylation sites is 1. The lowest BCUT2D eigenvalue weighted by molar-refractivity contribution is 0.331. The van der Waals surface area contributed by atoms with Crippen LogP contribution in [0, 0.1) is 0 Å².